The van der Waals surface area contributed by atoms with E-state index in [1.165, 1.54) is 0 Å². The zero-order chi connectivity index (χ0) is 13.0. The molecule has 2 rings (SSSR count). The molecule has 0 aliphatic rings. The summed E-state index contributed by atoms with van der Waals surface area (Å²) in [6.07, 6.45) is 1.71. The van der Waals surface area contributed by atoms with Gasteiger partial charge >= 0.3 is 0 Å². The van der Waals surface area contributed by atoms with Crippen LogP contribution in [0.5, 0.6) is 0 Å². The highest BCUT2D eigenvalue weighted by atomic mass is 79.9. The molecule has 94 valence electrons. The fraction of sp³-hybridized carbons (Fsp3) is 0.154. The Labute approximate surface area is 114 Å². The molecule has 0 saturated carbocycles. The van der Waals surface area contributed by atoms with Crippen LogP contribution in [0.3, 0.4) is 0 Å². The van der Waals surface area contributed by atoms with Gasteiger partial charge in [-0.1, -0.05) is 30.3 Å². The summed E-state index contributed by atoms with van der Waals surface area (Å²) >= 11 is 3.28. The maximum atomic E-state index is 11.8. The molecule has 0 radical (unpaired) electrons. The number of amides is 1. The first-order chi connectivity index (χ1) is 8.66. The van der Waals surface area contributed by atoms with Crippen molar-refractivity contribution in [3.05, 3.63) is 58.3 Å². The van der Waals surface area contributed by atoms with E-state index in [0.717, 1.165) is 10.0 Å². The van der Waals surface area contributed by atoms with Crippen molar-refractivity contribution >= 4 is 21.8 Å². The molecule has 1 aromatic heterocycles. The number of H-pyrrole nitrogens is 1. The molecule has 4 N–H and O–H groups in total. The van der Waals surface area contributed by atoms with Crippen molar-refractivity contribution in [1.82, 2.24) is 10.3 Å². The molecule has 0 fully saturated rings. The number of hydrogen-bond acceptors (Lipinski definition) is 2. The van der Waals surface area contributed by atoms with Gasteiger partial charge in [0.2, 0.25) is 0 Å². The maximum absolute atomic E-state index is 11.8. The van der Waals surface area contributed by atoms with Gasteiger partial charge in [0.15, 0.2) is 0 Å². The molecule has 5 heteroatoms. The zero-order valence-electron chi connectivity index (χ0n) is 9.69. The van der Waals surface area contributed by atoms with Crippen molar-refractivity contribution in [2.45, 2.75) is 6.04 Å². The van der Waals surface area contributed by atoms with Crippen LogP contribution in [0, 0.1) is 0 Å². The largest absolute Gasteiger partial charge is 0.356 e. The molecule has 0 bridgehead atoms. The smallest absolute Gasteiger partial charge is 0.267 e. The SMILES string of the molecule is NC(CNC(=O)c1cc(Br)c[nH]1)c1ccccc1. The van der Waals surface area contributed by atoms with Crippen molar-refractivity contribution < 1.29 is 4.79 Å². The fourth-order valence-corrected chi connectivity index (χ4v) is 1.96. The van der Waals surface area contributed by atoms with Crippen molar-refractivity contribution in [3.63, 3.8) is 0 Å². The number of hydrogen-bond donors (Lipinski definition) is 3. The number of benzene rings is 1. The highest BCUT2D eigenvalue weighted by Gasteiger charge is 2.10. The van der Waals surface area contributed by atoms with E-state index in [-0.39, 0.29) is 11.9 Å². The number of aromatic nitrogens is 1. The Hall–Kier alpha value is -1.59. The van der Waals surface area contributed by atoms with Gasteiger partial charge in [-0.3, -0.25) is 4.79 Å². The third-order valence-electron chi connectivity index (χ3n) is 2.60. The fourth-order valence-electron chi connectivity index (χ4n) is 1.61. The van der Waals surface area contributed by atoms with E-state index in [9.17, 15) is 4.79 Å². The first-order valence-corrected chi connectivity index (χ1v) is 6.39. The Kier molecular flexibility index (Phi) is 4.17. The van der Waals surface area contributed by atoms with E-state index in [1.54, 1.807) is 12.3 Å². The lowest BCUT2D eigenvalue weighted by Crippen LogP contribution is -2.32. The minimum Gasteiger partial charge on any atom is -0.356 e. The first kappa shape index (κ1) is 12.9. The minimum atomic E-state index is -0.200. The van der Waals surface area contributed by atoms with Crippen LogP contribution < -0.4 is 11.1 Å². The zero-order valence-corrected chi connectivity index (χ0v) is 11.3. The minimum absolute atomic E-state index is 0.160. The van der Waals surface area contributed by atoms with Crippen LogP contribution in [-0.2, 0) is 0 Å². The molecular formula is C13H14BrN3O. The molecule has 1 unspecified atom stereocenters. The average Bonchev–Trinajstić information content (AvgIpc) is 2.83. The lowest BCUT2D eigenvalue weighted by molar-refractivity contribution is 0.0947. The van der Waals surface area contributed by atoms with Crippen LogP contribution in [0.25, 0.3) is 0 Å². The highest BCUT2D eigenvalue weighted by Crippen LogP contribution is 2.11. The molecular weight excluding hydrogens is 294 g/mol. The van der Waals surface area contributed by atoms with Gasteiger partial charge in [-0.15, -0.1) is 0 Å². The molecule has 4 nitrogen and oxygen atoms in total. The molecule has 1 atom stereocenters. The number of nitrogens with two attached hydrogens (primary N) is 1. The first-order valence-electron chi connectivity index (χ1n) is 5.59. The van der Waals surface area contributed by atoms with E-state index >= 15 is 0 Å². The van der Waals surface area contributed by atoms with Gasteiger partial charge in [0.05, 0.1) is 0 Å². The summed E-state index contributed by atoms with van der Waals surface area (Å²) in [4.78, 5) is 14.6. The van der Waals surface area contributed by atoms with Crippen molar-refractivity contribution in [2.75, 3.05) is 6.54 Å². The molecule has 0 spiro atoms. The monoisotopic (exact) mass is 307 g/mol. The van der Waals surface area contributed by atoms with Gasteiger partial charge in [-0.2, -0.15) is 0 Å². The Morgan fingerprint density at radius 3 is 2.72 bits per heavy atom. The second-order valence-electron chi connectivity index (χ2n) is 3.96. The molecule has 1 amide bonds. The molecule has 0 aliphatic heterocycles. The van der Waals surface area contributed by atoms with E-state index in [1.807, 2.05) is 30.3 Å². The molecule has 0 aliphatic carbocycles. The quantitative estimate of drug-likeness (QED) is 0.810. The van der Waals surface area contributed by atoms with E-state index in [0.29, 0.717) is 12.2 Å². The molecule has 1 aromatic carbocycles. The highest BCUT2D eigenvalue weighted by molar-refractivity contribution is 9.10. The number of rotatable bonds is 4. The van der Waals surface area contributed by atoms with Gasteiger partial charge in [0.1, 0.15) is 5.69 Å². The van der Waals surface area contributed by atoms with E-state index in [2.05, 4.69) is 26.2 Å². The lowest BCUT2D eigenvalue weighted by Gasteiger charge is -2.12. The van der Waals surface area contributed by atoms with Gasteiger partial charge < -0.3 is 16.0 Å². The predicted octanol–water partition coefficient (Wildman–Crippen LogP) is 2.21. The molecule has 0 saturated heterocycles. The lowest BCUT2D eigenvalue weighted by atomic mass is 10.1. The number of halogens is 1. The predicted molar refractivity (Wildman–Crippen MR) is 74.2 cm³/mol. The topological polar surface area (TPSA) is 70.9 Å². The Morgan fingerprint density at radius 1 is 1.39 bits per heavy atom. The maximum Gasteiger partial charge on any atom is 0.267 e. The summed E-state index contributed by atoms with van der Waals surface area (Å²) in [7, 11) is 0. The number of nitrogens with one attached hydrogen (secondary N) is 2. The van der Waals surface area contributed by atoms with E-state index < -0.39 is 0 Å². The summed E-state index contributed by atoms with van der Waals surface area (Å²) in [6.45, 7) is 0.402. The Morgan fingerprint density at radius 2 is 2.11 bits per heavy atom. The Bertz CT molecular complexity index is 524. The number of carbonyl (C=O) groups excluding carboxylic acids is 1. The van der Waals surface area contributed by atoms with Gasteiger partial charge in [-0.25, -0.2) is 0 Å². The van der Waals surface area contributed by atoms with E-state index in [4.69, 9.17) is 5.73 Å². The summed E-state index contributed by atoms with van der Waals surface area (Å²) in [5.41, 5.74) is 7.51. The van der Waals surface area contributed by atoms with Crippen LogP contribution in [0.4, 0.5) is 0 Å². The molecule has 2 aromatic rings. The molecule has 18 heavy (non-hydrogen) atoms. The van der Waals surface area contributed by atoms with Crippen molar-refractivity contribution in [3.8, 4) is 0 Å². The number of aromatic amines is 1. The normalized spacial score (nSPS) is 12.1. The van der Waals surface area contributed by atoms with Crippen LogP contribution in [-0.4, -0.2) is 17.4 Å². The van der Waals surface area contributed by atoms with Gasteiger partial charge in [0.25, 0.3) is 5.91 Å². The van der Waals surface area contributed by atoms with Crippen LogP contribution >= 0.6 is 15.9 Å². The second kappa shape index (κ2) is 5.84. The van der Waals surface area contributed by atoms with Crippen molar-refractivity contribution in [2.24, 2.45) is 5.73 Å². The summed E-state index contributed by atoms with van der Waals surface area (Å²) in [5, 5.41) is 2.79. The third kappa shape index (κ3) is 3.21. The second-order valence-corrected chi connectivity index (χ2v) is 4.87. The summed E-state index contributed by atoms with van der Waals surface area (Å²) in [6, 6.07) is 11.2. The Balaban J connectivity index is 1.90. The standard InChI is InChI=1S/C13H14BrN3O/c14-10-6-12(16-7-10)13(18)17-8-11(15)9-4-2-1-3-5-9/h1-7,11,16H,8,15H2,(H,17,18). The van der Waals surface area contributed by atoms with Crippen LogP contribution in [0.2, 0.25) is 0 Å². The van der Waals surface area contributed by atoms with Crippen molar-refractivity contribution in [1.29, 1.82) is 0 Å². The third-order valence-corrected chi connectivity index (χ3v) is 3.06. The van der Waals surface area contributed by atoms with Gasteiger partial charge in [-0.05, 0) is 27.6 Å². The molecule has 1 heterocycles. The van der Waals surface area contributed by atoms with Crippen LogP contribution in [0.15, 0.2) is 47.1 Å². The van der Waals surface area contributed by atoms with Gasteiger partial charge in [0, 0.05) is 23.3 Å². The number of carbonyl (C=O) groups is 1. The summed E-state index contributed by atoms with van der Waals surface area (Å²) in [5.74, 6) is -0.160. The average molecular weight is 308 g/mol. The van der Waals surface area contributed by atoms with Crippen LogP contribution in [0.1, 0.15) is 22.1 Å². The summed E-state index contributed by atoms with van der Waals surface area (Å²) < 4.78 is 0.847.